The van der Waals surface area contributed by atoms with E-state index in [9.17, 15) is 14.4 Å². The van der Waals surface area contributed by atoms with Crippen LogP contribution < -0.4 is 32.3 Å². The molecule has 0 aliphatic carbocycles. The summed E-state index contributed by atoms with van der Waals surface area (Å²) in [5, 5.41) is 14.7. The summed E-state index contributed by atoms with van der Waals surface area (Å²) < 4.78 is 0. The van der Waals surface area contributed by atoms with Crippen molar-refractivity contribution in [2.75, 3.05) is 13.6 Å². The van der Waals surface area contributed by atoms with Crippen molar-refractivity contribution in [2.24, 2.45) is 10.7 Å². The number of hydrogen-bond donors (Lipinski definition) is 6. The molecule has 0 heterocycles. The van der Waals surface area contributed by atoms with Crippen LogP contribution >= 0.6 is 0 Å². The van der Waals surface area contributed by atoms with Crippen LogP contribution in [-0.2, 0) is 14.4 Å². The Morgan fingerprint density at radius 2 is 0.884 bits per heavy atom. The Morgan fingerprint density at radius 1 is 0.605 bits per heavy atom. The third-order valence-corrected chi connectivity index (χ3v) is 3.61. The smallest absolute Gasteiger partial charge is 0.237 e. The van der Waals surface area contributed by atoms with Crippen LogP contribution in [-0.4, -0.2) is 70.9 Å². The molecule has 0 spiro atoms. The Labute approximate surface area is 268 Å². The summed E-state index contributed by atoms with van der Waals surface area (Å²) in [6.07, 6.45) is 0. The van der Waals surface area contributed by atoms with E-state index in [0.717, 1.165) is 12.4 Å². The minimum absolute atomic E-state index is 0. The van der Waals surface area contributed by atoms with E-state index in [1.54, 1.807) is 14.0 Å². The first kappa shape index (κ1) is 53.4. The molecule has 262 valence electrons. The number of nitrogens with zero attached hydrogens (tertiary/aromatic N) is 1. The van der Waals surface area contributed by atoms with Crippen molar-refractivity contribution >= 4 is 23.6 Å². The van der Waals surface area contributed by atoms with Crippen molar-refractivity contribution in [3.8, 4) is 0 Å². The molecular weight excluding hydrogens is 542 g/mol. The lowest BCUT2D eigenvalue weighted by atomic mass is 10.1. The van der Waals surface area contributed by atoms with Gasteiger partial charge in [0.1, 0.15) is 0 Å². The molecule has 1 unspecified atom stereocenters. The Bertz CT molecular complexity index is 732. The number of amidine groups is 1. The van der Waals surface area contributed by atoms with Gasteiger partial charge in [0.2, 0.25) is 17.7 Å². The third-order valence-electron chi connectivity index (χ3n) is 3.61. The van der Waals surface area contributed by atoms with Crippen molar-refractivity contribution in [1.82, 2.24) is 26.6 Å². The van der Waals surface area contributed by atoms with Crippen LogP contribution in [0.2, 0.25) is 0 Å². The zero-order valence-corrected chi connectivity index (χ0v) is 31.5. The minimum Gasteiger partial charge on any atom is -0.369 e. The van der Waals surface area contributed by atoms with E-state index < -0.39 is 6.04 Å². The van der Waals surface area contributed by atoms with Gasteiger partial charge in [0.25, 0.3) is 0 Å². The molecule has 43 heavy (non-hydrogen) atoms. The van der Waals surface area contributed by atoms with Gasteiger partial charge in [-0.15, -0.1) is 0 Å². The SMILES string of the molecule is C.CC(=O)NC(C)(C)C.CC(=O)NC(C)(C)C.CC(N)C(=O)NC(C)(C)C.CCNC(C)(C)C.CN=C(C)NC(C)(C)C. The number of carbonyl (C=O) groups excluding carboxylic acids is 3. The standard InChI is InChI=1S/C7H16N2O.C7H16N2.2C6H13NO.C6H15N.CH4/c1-5(8)6(10)9-7(2,3)4;1-6(8-5)9-7(2,3)4;2*1-5(8)7-6(2,3)4;1-5-7-6(2,3)4;/h5H,8H2,1-4H3,(H,9,10);1-5H3,(H,8,9);2*1-4H3,(H,7,8);7H,5H2,1-4H3;1H4. The lowest BCUT2D eigenvalue weighted by Gasteiger charge is -2.21. The van der Waals surface area contributed by atoms with Crippen LogP contribution in [0.1, 0.15) is 146 Å². The molecule has 0 radical (unpaired) electrons. The third kappa shape index (κ3) is 73.6. The van der Waals surface area contributed by atoms with Gasteiger partial charge in [-0.2, -0.15) is 0 Å². The second kappa shape index (κ2) is 24.2. The molecule has 0 aromatic rings. The second-order valence-electron chi connectivity index (χ2n) is 15.4. The van der Waals surface area contributed by atoms with Gasteiger partial charge in [-0.3, -0.25) is 19.4 Å². The summed E-state index contributed by atoms with van der Waals surface area (Å²) in [5.74, 6) is 0.935. The minimum atomic E-state index is -0.417. The van der Waals surface area contributed by atoms with Gasteiger partial charge in [0, 0.05) is 48.6 Å². The van der Waals surface area contributed by atoms with E-state index in [4.69, 9.17) is 5.73 Å². The quantitative estimate of drug-likeness (QED) is 0.176. The van der Waals surface area contributed by atoms with Crippen molar-refractivity contribution in [3.63, 3.8) is 0 Å². The van der Waals surface area contributed by atoms with Crippen LogP contribution in [0.5, 0.6) is 0 Å². The number of carbonyl (C=O) groups is 3. The van der Waals surface area contributed by atoms with Crippen molar-refractivity contribution in [3.05, 3.63) is 0 Å². The normalized spacial score (nSPS) is 12.3. The number of hydrogen-bond acceptors (Lipinski definition) is 6. The Morgan fingerprint density at radius 3 is 0.930 bits per heavy atom. The topological polar surface area (TPSA) is 150 Å². The molecule has 0 fully saturated rings. The Hall–Kier alpha value is -2.20. The number of aliphatic imine (C=N–C) groups is 1. The molecule has 0 aliphatic rings. The monoisotopic (exact) mass is 620 g/mol. The second-order valence-corrected chi connectivity index (χ2v) is 15.4. The van der Waals surface area contributed by atoms with Gasteiger partial charge in [-0.05, 0) is 124 Å². The van der Waals surface area contributed by atoms with E-state index in [2.05, 4.69) is 80.0 Å². The molecule has 3 amide bonds. The van der Waals surface area contributed by atoms with Crippen LogP contribution in [0.15, 0.2) is 4.99 Å². The largest absolute Gasteiger partial charge is 0.369 e. The fraction of sp³-hybridized carbons (Fsp3) is 0.879. The van der Waals surface area contributed by atoms with Gasteiger partial charge >= 0.3 is 0 Å². The summed E-state index contributed by atoms with van der Waals surface area (Å²) in [6.45, 7) is 40.2. The maximum atomic E-state index is 10.9. The number of amides is 3. The molecule has 0 aromatic carbocycles. The lowest BCUT2D eigenvalue weighted by Crippen LogP contribution is -2.47. The summed E-state index contributed by atoms with van der Waals surface area (Å²) in [4.78, 5) is 35.6. The van der Waals surface area contributed by atoms with Crippen LogP contribution in [0.4, 0.5) is 0 Å². The van der Waals surface area contributed by atoms with Crippen molar-refractivity contribution in [1.29, 1.82) is 0 Å². The highest BCUT2D eigenvalue weighted by molar-refractivity contribution is 5.81. The average molecular weight is 620 g/mol. The summed E-state index contributed by atoms with van der Waals surface area (Å²) in [7, 11) is 1.79. The highest BCUT2D eigenvalue weighted by Crippen LogP contribution is 1.99. The molecule has 0 saturated heterocycles. The van der Waals surface area contributed by atoms with Crippen molar-refractivity contribution < 1.29 is 14.4 Å². The average Bonchev–Trinajstić information content (AvgIpc) is 2.62. The van der Waals surface area contributed by atoms with E-state index in [-0.39, 0.29) is 47.3 Å². The maximum absolute atomic E-state index is 10.9. The van der Waals surface area contributed by atoms with Gasteiger partial charge in [0.05, 0.1) is 11.9 Å². The Balaban J connectivity index is -0.0000000994. The first-order valence-electron chi connectivity index (χ1n) is 14.8. The van der Waals surface area contributed by atoms with Gasteiger partial charge in [0.15, 0.2) is 0 Å². The summed E-state index contributed by atoms with van der Waals surface area (Å²) in [6, 6.07) is -0.417. The van der Waals surface area contributed by atoms with E-state index in [1.807, 2.05) is 69.2 Å². The summed E-state index contributed by atoms with van der Waals surface area (Å²) in [5.41, 5.74) is 5.44. The van der Waals surface area contributed by atoms with E-state index in [0.29, 0.717) is 5.54 Å². The molecule has 0 saturated carbocycles. The lowest BCUT2D eigenvalue weighted by molar-refractivity contribution is -0.123. The molecule has 7 N–H and O–H groups in total. The fourth-order valence-corrected chi connectivity index (χ4v) is 2.67. The van der Waals surface area contributed by atoms with E-state index in [1.165, 1.54) is 13.8 Å². The molecule has 0 aliphatic heterocycles. The molecule has 10 heteroatoms. The van der Waals surface area contributed by atoms with Gasteiger partial charge in [-0.25, -0.2) is 0 Å². The zero-order valence-electron chi connectivity index (χ0n) is 31.5. The predicted octanol–water partition coefficient (Wildman–Crippen LogP) is 5.54. The first-order chi connectivity index (χ1) is 18.2. The molecule has 10 nitrogen and oxygen atoms in total. The highest BCUT2D eigenvalue weighted by atomic mass is 16.2. The molecule has 0 rings (SSSR count). The number of rotatable bonds is 2. The van der Waals surface area contributed by atoms with Crippen LogP contribution in [0, 0.1) is 0 Å². The van der Waals surface area contributed by atoms with Gasteiger partial charge < -0.3 is 32.3 Å². The highest BCUT2D eigenvalue weighted by Gasteiger charge is 2.15. The summed E-state index contributed by atoms with van der Waals surface area (Å²) >= 11 is 0. The van der Waals surface area contributed by atoms with Crippen molar-refractivity contribution in [2.45, 2.75) is 180 Å². The first-order valence-corrected chi connectivity index (χ1v) is 14.8. The maximum Gasteiger partial charge on any atom is 0.237 e. The number of nitrogens with two attached hydrogens (primary N) is 1. The molecule has 0 bridgehead atoms. The Kier molecular flexibility index (Phi) is 30.0. The number of nitrogens with one attached hydrogen (secondary N) is 5. The van der Waals surface area contributed by atoms with Crippen LogP contribution in [0.3, 0.4) is 0 Å². The molecule has 0 aromatic heterocycles. The van der Waals surface area contributed by atoms with E-state index >= 15 is 0 Å². The fourth-order valence-electron chi connectivity index (χ4n) is 2.67. The predicted molar refractivity (Wildman–Crippen MR) is 191 cm³/mol. The van der Waals surface area contributed by atoms with Gasteiger partial charge in [-0.1, -0.05) is 14.4 Å². The molecule has 1 atom stereocenters. The zero-order chi connectivity index (χ0) is 35.3. The van der Waals surface area contributed by atoms with Crippen LogP contribution in [0.25, 0.3) is 0 Å². The molecular formula is C33H77N7O3.